The van der Waals surface area contributed by atoms with E-state index in [0.29, 0.717) is 6.61 Å². The molecule has 2 unspecified atom stereocenters. The van der Waals surface area contributed by atoms with Crippen molar-refractivity contribution in [3.8, 4) is 0 Å². The Bertz CT molecular complexity index is 294. The number of unbranched alkanes of at least 4 members (excludes halogenated alkanes) is 12. The summed E-state index contributed by atoms with van der Waals surface area (Å²) in [5.41, 5.74) is 0. The zero-order chi connectivity index (χ0) is 18.8. The lowest BCUT2D eigenvalue weighted by Gasteiger charge is -2.22. The van der Waals surface area contributed by atoms with Gasteiger partial charge in [-0.3, -0.25) is 0 Å². The number of carboxylic acid groups (broad SMARTS) is 1. The Hall–Kier alpha value is -0.610. The van der Waals surface area contributed by atoms with Crippen molar-refractivity contribution in [3.05, 3.63) is 0 Å². The average molecular weight is 359 g/mol. The summed E-state index contributed by atoms with van der Waals surface area (Å²) >= 11 is 0. The van der Waals surface area contributed by atoms with Crippen LogP contribution in [-0.2, 0) is 14.3 Å². The van der Waals surface area contributed by atoms with Crippen LogP contribution in [0.4, 0.5) is 0 Å². The van der Waals surface area contributed by atoms with Crippen LogP contribution in [0.25, 0.3) is 0 Å². The molecule has 0 heterocycles. The molecule has 25 heavy (non-hydrogen) atoms. The van der Waals surface area contributed by atoms with Crippen LogP contribution in [0.2, 0.25) is 0 Å². The highest BCUT2D eigenvalue weighted by molar-refractivity contribution is 5.73. The van der Waals surface area contributed by atoms with Crippen LogP contribution in [0.5, 0.6) is 0 Å². The summed E-state index contributed by atoms with van der Waals surface area (Å²) in [5.74, 6) is -0.927. The normalized spacial score (nSPS) is 13.7. The molecule has 2 atom stereocenters. The van der Waals surface area contributed by atoms with E-state index in [0.717, 1.165) is 19.3 Å². The second kappa shape index (κ2) is 18.2. The number of methoxy groups -OCH3 is 1. The lowest BCUT2D eigenvalue weighted by Crippen LogP contribution is -2.37. The first-order chi connectivity index (χ1) is 12.2. The molecule has 0 aliphatic heterocycles. The number of hydrogen-bond donors (Lipinski definition) is 1. The molecule has 1 N–H and O–H groups in total. The van der Waals surface area contributed by atoms with Gasteiger partial charge in [-0.1, -0.05) is 90.4 Å². The van der Waals surface area contributed by atoms with Gasteiger partial charge in [0.1, 0.15) is 0 Å². The minimum Gasteiger partial charge on any atom is -0.479 e. The zero-order valence-electron chi connectivity index (χ0n) is 16.9. The van der Waals surface area contributed by atoms with E-state index >= 15 is 0 Å². The van der Waals surface area contributed by atoms with Gasteiger partial charge in [-0.2, -0.15) is 0 Å². The monoisotopic (exact) mass is 358 g/mol. The highest BCUT2D eigenvalue weighted by atomic mass is 16.6. The molecule has 4 nitrogen and oxygen atoms in total. The first-order valence-electron chi connectivity index (χ1n) is 10.5. The number of ether oxygens (including phenoxy) is 2. The molecule has 0 spiro atoms. The van der Waals surface area contributed by atoms with Gasteiger partial charge in [0, 0.05) is 13.7 Å². The fourth-order valence-electron chi connectivity index (χ4n) is 3.27. The van der Waals surface area contributed by atoms with Gasteiger partial charge < -0.3 is 14.6 Å². The molecule has 150 valence electrons. The third-order valence-electron chi connectivity index (χ3n) is 4.82. The molecule has 0 radical (unpaired) electrons. The molecular weight excluding hydrogens is 316 g/mol. The topological polar surface area (TPSA) is 55.8 Å². The molecule has 0 aromatic rings. The number of hydrogen-bond acceptors (Lipinski definition) is 3. The molecule has 0 aliphatic rings. The minimum atomic E-state index is -0.927. The van der Waals surface area contributed by atoms with Gasteiger partial charge in [0.05, 0.1) is 6.10 Å². The van der Waals surface area contributed by atoms with Crippen LogP contribution < -0.4 is 0 Å². The van der Waals surface area contributed by atoms with Gasteiger partial charge in [-0.25, -0.2) is 4.79 Å². The fraction of sp³-hybridized carbons (Fsp3) is 0.952. The standard InChI is InChI=1S/C21H42O4/c1-4-6-7-8-9-10-11-12-13-14-15-16-17-18-19(24-3)20(21(22)23)25-5-2/h19-20H,4-18H2,1-3H3,(H,22,23). The van der Waals surface area contributed by atoms with Gasteiger partial charge in [0.2, 0.25) is 0 Å². The predicted octanol–water partition coefficient (Wildman–Crippen LogP) is 5.97. The second-order valence-corrected chi connectivity index (χ2v) is 7.02. The number of carboxylic acids is 1. The lowest BCUT2D eigenvalue weighted by atomic mass is 10.0. The largest absolute Gasteiger partial charge is 0.479 e. The first-order valence-corrected chi connectivity index (χ1v) is 10.5. The predicted molar refractivity (Wildman–Crippen MR) is 104 cm³/mol. The summed E-state index contributed by atoms with van der Waals surface area (Å²) in [5, 5.41) is 9.20. The van der Waals surface area contributed by atoms with Crippen molar-refractivity contribution in [1.29, 1.82) is 0 Å². The Labute approximate surface area is 155 Å². The van der Waals surface area contributed by atoms with Gasteiger partial charge in [-0.05, 0) is 13.3 Å². The van der Waals surface area contributed by atoms with Crippen molar-refractivity contribution in [3.63, 3.8) is 0 Å². The maximum absolute atomic E-state index is 11.2. The molecule has 0 aliphatic carbocycles. The van der Waals surface area contributed by atoms with Crippen LogP contribution in [0, 0.1) is 0 Å². The molecule has 4 heteroatoms. The van der Waals surface area contributed by atoms with Crippen molar-refractivity contribution in [2.75, 3.05) is 13.7 Å². The van der Waals surface area contributed by atoms with Crippen molar-refractivity contribution < 1.29 is 19.4 Å². The SMILES string of the molecule is CCCCCCCCCCCCCCCC(OC)C(OCC)C(=O)O. The van der Waals surface area contributed by atoms with Crippen molar-refractivity contribution in [2.24, 2.45) is 0 Å². The van der Waals surface area contributed by atoms with Gasteiger partial charge >= 0.3 is 5.97 Å². The van der Waals surface area contributed by atoms with E-state index in [2.05, 4.69) is 6.92 Å². The minimum absolute atomic E-state index is 0.342. The summed E-state index contributed by atoms with van der Waals surface area (Å²) in [6, 6.07) is 0. The third kappa shape index (κ3) is 14.3. The summed E-state index contributed by atoms with van der Waals surface area (Å²) in [6.45, 7) is 4.47. The Morgan fingerprint density at radius 1 is 0.800 bits per heavy atom. The fourth-order valence-corrected chi connectivity index (χ4v) is 3.27. The molecule has 0 saturated carbocycles. The van der Waals surface area contributed by atoms with Crippen LogP contribution >= 0.6 is 0 Å². The Kier molecular flexibility index (Phi) is 17.7. The third-order valence-corrected chi connectivity index (χ3v) is 4.82. The van der Waals surface area contributed by atoms with Crippen LogP contribution in [0.15, 0.2) is 0 Å². The van der Waals surface area contributed by atoms with Crippen molar-refractivity contribution in [1.82, 2.24) is 0 Å². The Balaban J connectivity index is 3.51. The molecular formula is C21H42O4. The highest BCUT2D eigenvalue weighted by Crippen LogP contribution is 2.16. The lowest BCUT2D eigenvalue weighted by molar-refractivity contribution is -0.160. The Morgan fingerprint density at radius 2 is 1.24 bits per heavy atom. The van der Waals surface area contributed by atoms with E-state index in [1.807, 2.05) is 6.92 Å². The van der Waals surface area contributed by atoms with Crippen LogP contribution in [-0.4, -0.2) is 37.0 Å². The van der Waals surface area contributed by atoms with Crippen molar-refractivity contribution >= 4 is 5.97 Å². The second-order valence-electron chi connectivity index (χ2n) is 7.02. The number of aliphatic carboxylic acids is 1. The van der Waals surface area contributed by atoms with Gasteiger partial charge in [-0.15, -0.1) is 0 Å². The van der Waals surface area contributed by atoms with E-state index in [-0.39, 0.29) is 6.10 Å². The molecule has 0 fully saturated rings. The maximum atomic E-state index is 11.2. The van der Waals surface area contributed by atoms with Crippen LogP contribution in [0.1, 0.15) is 104 Å². The number of carbonyl (C=O) groups is 1. The molecule has 0 aromatic heterocycles. The smallest absolute Gasteiger partial charge is 0.335 e. The molecule has 0 saturated heterocycles. The van der Waals surface area contributed by atoms with E-state index in [1.165, 1.54) is 70.6 Å². The quantitative estimate of drug-likeness (QED) is 0.289. The number of rotatable bonds is 19. The summed E-state index contributed by atoms with van der Waals surface area (Å²) < 4.78 is 10.6. The summed E-state index contributed by atoms with van der Waals surface area (Å²) in [4.78, 5) is 11.2. The summed E-state index contributed by atoms with van der Waals surface area (Å²) in [6.07, 6.45) is 16.7. The van der Waals surface area contributed by atoms with Crippen LogP contribution in [0.3, 0.4) is 0 Å². The maximum Gasteiger partial charge on any atom is 0.335 e. The van der Waals surface area contributed by atoms with E-state index in [9.17, 15) is 9.90 Å². The average Bonchev–Trinajstić information content (AvgIpc) is 2.60. The molecule has 0 bridgehead atoms. The summed E-state index contributed by atoms with van der Waals surface area (Å²) in [7, 11) is 1.57. The molecule has 0 amide bonds. The first kappa shape index (κ1) is 24.4. The van der Waals surface area contributed by atoms with E-state index < -0.39 is 12.1 Å². The van der Waals surface area contributed by atoms with Crippen molar-refractivity contribution in [2.45, 2.75) is 116 Å². The molecule has 0 aromatic carbocycles. The van der Waals surface area contributed by atoms with Gasteiger partial charge in [0.25, 0.3) is 0 Å². The molecule has 0 rings (SSSR count). The zero-order valence-corrected chi connectivity index (χ0v) is 16.9. The Morgan fingerprint density at radius 3 is 1.60 bits per heavy atom. The highest BCUT2D eigenvalue weighted by Gasteiger charge is 2.28. The van der Waals surface area contributed by atoms with E-state index in [4.69, 9.17) is 9.47 Å². The van der Waals surface area contributed by atoms with E-state index in [1.54, 1.807) is 7.11 Å². The van der Waals surface area contributed by atoms with Gasteiger partial charge in [0.15, 0.2) is 6.10 Å².